The van der Waals surface area contributed by atoms with Gasteiger partial charge in [0.05, 0.1) is 6.10 Å². The number of likely N-dealkylation sites (tertiary alicyclic amines) is 1. The molecular formula is C14H25NO. The molecule has 3 aliphatic rings. The standard InChI is InChI=1S/C14H25NO/c16-14-11-5-4-6-12(14)13(8-7-11)15-9-2-1-3-10-15/h11-14,16H,1-10H2. The third-order valence-corrected chi connectivity index (χ3v) is 5.22. The molecule has 0 aromatic carbocycles. The van der Waals surface area contributed by atoms with Crippen LogP contribution in [0.25, 0.3) is 0 Å². The van der Waals surface area contributed by atoms with Gasteiger partial charge in [-0.1, -0.05) is 12.8 Å². The van der Waals surface area contributed by atoms with Gasteiger partial charge in [-0.05, 0) is 57.5 Å². The Morgan fingerprint density at radius 3 is 2.44 bits per heavy atom. The molecule has 1 heterocycles. The van der Waals surface area contributed by atoms with E-state index in [1.165, 1.54) is 64.5 Å². The summed E-state index contributed by atoms with van der Waals surface area (Å²) in [6.07, 6.45) is 10.7. The number of aliphatic hydroxyl groups is 1. The largest absolute Gasteiger partial charge is 0.392 e. The Kier molecular flexibility index (Phi) is 3.21. The molecule has 0 radical (unpaired) electrons. The average molecular weight is 223 g/mol. The highest BCUT2D eigenvalue weighted by atomic mass is 16.3. The van der Waals surface area contributed by atoms with Crippen molar-refractivity contribution in [2.45, 2.75) is 63.5 Å². The third-order valence-electron chi connectivity index (χ3n) is 5.22. The zero-order valence-electron chi connectivity index (χ0n) is 10.3. The summed E-state index contributed by atoms with van der Waals surface area (Å²) in [4.78, 5) is 2.69. The molecule has 0 aromatic rings. The quantitative estimate of drug-likeness (QED) is 0.738. The molecule has 2 heteroatoms. The van der Waals surface area contributed by atoms with Crippen LogP contribution in [0.15, 0.2) is 0 Å². The molecule has 3 rings (SSSR count). The Labute approximate surface area is 99.0 Å². The van der Waals surface area contributed by atoms with Gasteiger partial charge in [-0.25, -0.2) is 0 Å². The minimum Gasteiger partial charge on any atom is -0.392 e. The highest BCUT2D eigenvalue weighted by Crippen LogP contribution is 2.42. The molecular weight excluding hydrogens is 198 g/mol. The van der Waals surface area contributed by atoms with Crippen molar-refractivity contribution in [2.75, 3.05) is 13.1 Å². The van der Waals surface area contributed by atoms with Crippen molar-refractivity contribution in [3.8, 4) is 0 Å². The van der Waals surface area contributed by atoms with Gasteiger partial charge in [-0.2, -0.15) is 0 Å². The van der Waals surface area contributed by atoms with Crippen molar-refractivity contribution in [1.82, 2.24) is 4.90 Å². The van der Waals surface area contributed by atoms with Gasteiger partial charge >= 0.3 is 0 Å². The molecule has 1 saturated heterocycles. The van der Waals surface area contributed by atoms with E-state index in [1.807, 2.05) is 0 Å². The smallest absolute Gasteiger partial charge is 0.0611 e. The summed E-state index contributed by atoms with van der Waals surface area (Å²) in [6.45, 7) is 2.58. The summed E-state index contributed by atoms with van der Waals surface area (Å²) in [6, 6.07) is 0.715. The normalized spacial score (nSPS) is 45.6. The average Bonchev–Trinajstić information content (AvgIpc) is 2.30. The summed E-state index contributed by atoms with van der Waals surface area (Å²) >= 11 is 0. The second-order valence-corrected chi connectivity index (χ2v) is 6.09. The maximum atomic E-state index is 10.4. The highest BCUT2D eigenvalue weighted by molar-refractivity contribution is 4.95. The van der Waals surface area contributed by atoms with Crippen LogP contribution < -0.4 is 0 Å². The van der Waals surface area contributed by atoms with Crippen molar-refractivity contribution >= 4 is 0 Å². The van der Waals surface area contributed by atoms with Crippen LogP contribution in [-0.4, -0.2) is 35.2 Å². The number of aliphatic hydroxyl groups excluding tert-OH is 1. The Bertz CT molecular complexity index is 237. The van der Waals surface area contributed by atoms with Crippen LogP contribution in [0.4, 0.5) is 0 Å². The second kappa shape index (κ2) is 4.66. The maximum absolute atomic E-state index is 10.4. The number of hydrogen-bond acceptors (Lipinski definition) is 2. The molecule has 0 aromatic heterocycles. The highest BCUT2D eigenvalue weighted by Gasteiger charge is 2.42. The molecule has 92 valence electrons. The molecule has 16 heavy (non-hydrogen) atoms. The molecule has 0 spiro atoms. The van der Waals surface area contributed by atoms with Crippen molar-refractivity contribution in [3.63, 3.8) is 0 Å². The van der Waals surface area contributed by atoms with Gasteiger partial charge in [0.2, 0.25) is 0 Å². The van der Waals surface area contributed by atoms with Gasteiger partial charge in [0.1, 0.15) is 0 Å². The fourth-order valence-corrected chi connectivity index (χ4v) is 4.34. The number of nitrogens with zero attached hydrogens (tertiary/aromatic N) is 1. The van der Waals surface area contributed by atoms with Gasteiger partial charge in [-0.3, -0.25) is 0 Å². The third kappa shape index (κ3) is 1.91. The lowest BCUT2D eigenvalue weighted by atomic mass is 9.67. The Morgan fingerprint density at radius 2 is 1.62 bits per heavy atom. The zero-order chi connectivity index (χ0) is 11.0. The second-order valence-electron chi connectivity index (χ2n) is 6.09. The van der Waals surface area contributed by atoms with E-state index in [1.54, 1.807) is 0 Å². The molecule has 0 amide bonds. The first kappa shape index (κ1) is 11.0. The SMILES string of the molecule is OC1C2CCCC1C(N1CCCCC1)CC2. The Balaban J connectivity index is 1.69. The summed E-state index contributed by atoms with van der Waals surface area (Å²) in [5.41, 5.74) is 0. The Morgan fingerprint density at radius 1 is 0.812 bits per heavy atom. The maximum Gasteiger partial charge on any atom is 0.0611 e. The summed E-state index contributed by atoms with van der Waals surface area (Å²) < 4.78 is 0. The number of rotatable bonds is 1. The molecule has 4 unspecified atom stereocenters. The number of piperidine rings is 1. The lowest BCUT2D eigenvalue weighted by Gasteiger charge is -2.49. The minimum absolute atomic E-state index is 0.0226. The van der Waals surface area contributed by atoms with Crippen molar-refractivity contribution in [2.24, 2.45) is 11.8 Å². The zero-order valence-corrected chi connectivity index (χ0v) is 10.3. The van der Waals surface area contributed by atoms with Crippen LogP contribution in [0.2, 0.25) is 0 Å². The first-order valence-electron chi connectivity index (χ1n) is 7.28. The molecule has 3 fully saturated rings. The van der Waals surface area contributed by atoms with Crippen LogP contribution in [0.5, 0.6) is 0 Å². The molecule has 2 saturated carbocycles. The van der Waals surface area contributed by atoms with Gasteiger partial charge in [-0.15, -0.1) is 0 Å². The summed E-state index contributed by atoms with van der Waals surface area (Å²) in [7, 11) is 0. The first-order chi connectivity index (χ1) is 7.86. The predicted octanol–water partition coefficient (Wildman–Crippen LogP) is 2.41. The van der Waals surface area contributed by atoms with Crippen LogP contribution in [-0.2, 0) is 0 Å². The van der Waals surface area contributed by atoms with Crippen molar-refractivity contribution in [3.05, 3.63) is 0 Å². The van der Waals surface area contributed by atoms with Gasteiger partial charge in [0, 0.05) is 12.0 Å². The van der Waals surface area contributed by atoms with E-state index in [0.717, 1.165) is 0 Å². The lowest BCUT2D eigenvalue weighted by Crippen LogP contribution is -2.53. The summed E-state index contributed by atoms with van der Waals surface area (Å²) in [5, 5.41) is 10.4. The van der Waals surface area contributed by atoms with E-state index in [-0.39, 0.29) is 6.10 Å². The molecule has 1 aliphatic heterocycles. The van der Waals surface area contributed by atoms with Crippen LogP contribution in [0.1, 0.15) is 51.4 Å². The minimum atomic E-state index is 0.0226. The van der Waals surface area contributed by atoms with Crippen LogP contribution in [0.3, 0.4) is 0 Å². The van der Waals surface area contributed by atoms with Gasteiger partial charge in [0.15, 0.2) is 0 Å². The number of hydrogen-bond donors (Lipinski definition) is 1. The van der Waals surface area contributed by atoms with Crippen LogP contribution >= 0.6 is 0 Å². The van der Waals surface area contributed by atoms with Crippen molar-refractivity contribution in [1.29, 1.82) is 0 Å². The fourth-order valence-electron chi connectivity index (χ4n) is 4.34. The van der Waals surface area contributed by atoms with E-state index in [2.05, 4.69) is 4.90 Å². The lowest BCUT2D eigenvalue weighted by molar-refractivity contribution is -0.0659. The topological polar surface area (TPSA) is 23.5 Å². The van der Waals surface area contributed by atoms with E-state index in [0.29, 0.717) is 17.9 Å². The monoisotopic (exact) mass is 223 g/mol. The Hall–Kier alpha value is -0.0800. The molecule has 1 N–H and O–H groups in total. The summed E-state index contributed by atoms with van der Waals surface area (Å²) in [5.74, 6) is 1.24. The number of fused-ring (bicyclic) bond motifs is 2. The molecule has 2 nitrogen and oxygen atoms in total. The van der Waals surface area contributed by atoms with E-state index in [4.69, 9.17) is 0 Å². The van der Waals surface area contributed by atoms with Crippen molar-refractivity contribution < 1.29 is 5.11 Å². The predicted molar refractivity (Wildman–Crippen MR) is 65.3 cm³/mol. The van der Waals surface area contributed by atoms with E-state index in [9.17, 15) is 5.11 Å². The molecule has 4 atom stereocenters. The van der Waals surface area contributed by atoms with Gasteiger partial charge < -0.3 is 10.0 Å². The fraction of sp³-hybridized carbons (Fsp3) is 1.00. The molecule has 2 aliphatic carbocycles. The van der Waals surface area contributed by atoms with Crippen LogP contribution in [0, 0.1) is 11.8 Å². The van der Waals surface area contributed by atoms with Gasteiger partial charge in [0.25, 0.3) is 0 Å². The van der Waals surface area contributed by atoms with E-state index >= 15 is 0 Å². The molecule has 2 bridgehead atoms. The first-order valence-corrected chi connectivity index (χ1v) is 7.28. The van der Waals surface area contributed by atoms with E-state index < -0.39 is 0 Å².